The van der Waals surface area contributed by atoms with E-state index in [2.05, 4.69) is 5.10 Å². The Kier molecular flexibility index (Phi) is 2.53. The summed E-state index contributed by atoms with van der Waals surface area (Å²) in [4.78, 5) is 0. The van der Waals surface area contributed by atoms with Gasteiger partial charge in [0.15, 0.2) is 5.69 Å². The van der Waals surface area contributed by atoms with E-state index in [4.69, 9.17) is 5.73 Å². The van der Waals surface area contributed by atoms with Gasteiger partial charge in [0, 0.05) is 6.07 Å². The molecule has 2 rings (SSSR count). The quantitative estimate of drug-likeness (QED) is 0.785. The van der Waals surface area contributed by atoms with Crippen LogP contribution in [-0.4, -0.2) is 9.78 Å². The predicted octanol–water partition coefficient (Wildman–Crippen LogP) is 2.61. The van der Waals surface area contributed by atoms with E-state index in [9.17, 15) is 17.6 Å². The average Bonchev–Trinajstić information content (AvgIpc) is 2.60. The Morgan fingerprint density at radius 2 is 1.82 bits per heavy atom. The van der Waals surface area contributed by atoms with Crippen molar-refractivity contribution >= 4 is 5.82 Å². The highest BCUT2D eigenvalue weighted by molar-refractivity contribution is 5.40. The number of halogens is 4. The predicted molar refractivity (Wildman–Crippen MR) is 52.9 cm³/mol. The number of rotatable bonds is 1. The summed E-state index contributed by atoms with van der Waals surface area (Å²) in [6.45, 7) is 0. The Balaban J connectivity index is 2.64. The zero-order chi connectivity index (χ0) is 12.6. The molecule has 0 aliphatic rings. The molecule has 0 saturated carbocycles. The molecule has 1 heterocycles. The van der Waals surface area contributed by atoms with Crippen LogP contribution in [0.3, 0.4) is 0 Å². The molecule has 0 amide bonds. The lowest BCUT2D eigenvalue weighted by atomic mass is 10.3. The van der Waals surface area contributed by atoms with Crippen LogP contribution in [0, 0.1) is 5.82 Å². The number of nitrogens with two attached hydrogens (primary N) is 1. The second-order valence-electron chi connectivity index (χ2n) is 3.32. The minimum Gasteiger partial charge on any atom is -0.382 e. The Morgan fingerprint density at radius 3 is 2.41 bits per heavy atom. The fourth-order valence-electron chi connectivity index (χ4n) is 1.41. The van der Waals surface area contributed by atoms with Crippen LogP contribution in [0.4, 0.5) is 23.4 Å². The summed E-state index contributed by atoms with van der Waals surface area (Å²) in [5, 5.41) is 3.44. The van der Waals surface area contributed by atoms with Crippen molar-refractivity contribution in [1.29, 1.82) is 0 Å². The van der Waals surface area contributed by atoms with Gasteiger partial charge in [-0.3, -0.25) is 0 Å². The van der Waals surface area contributed by atoms with E-state index in [1.54, 1.807) is 0 Å². The molecule has 17 heavy (non-hydrogen) atoms. The first-order chi connectivity index (χ1) is 7.89. The second-order valence-corrected chi connectivity index (χ2v) is 3.32. The molecule has 0 saturated heterocycles. The third kappa shape index (κ3) is 2.08. The summed E-state index contributed by atoms with van der Waals surface area (Å²) in [7, 11) is 0. The van der Waals surface area contributed by atoms with Gasteiger partial charge in [-0.2, -0.15) is 18.3 Å². The monoisotopic (exact) mass is 245 g/mol. The summed E-state index contributed by atoms with van der Waals surface area (Å²) < 4.78 is 51.8. The molecule has 0 fully saturated rings. The van der Waals surface area contributed by atoms with E-state index in [-0.39, 0.29) is 11.5 Å². The van der Waals surface area contributed by atoms with E-state index in [1.807, 2.05) is 0 Å². The van der Waals surface area contributed by atoms with Crippen LogP contribution in [0.25, 0.3) is 5.69 Å². The van der Waals surface area contributed by atoms with Gasteiger partial charge in [-0.05, 0) is 12.1 Å². The summed E-state index contributed by atoms with van der Waals surface area (Å²) in [6, 6.07) is 5.69. The summed E-state index contributed by atoms with van der Waals surface area (Å²) in [5.74, 6) is -1.12. The molecule has 0 atom stereocenters. The maximum Gasteiger partial charge on any atom is 0.433 e. The number of nitrogen functional groups attached to an aromatic ring is 1. The Morgan fingerprint density at radius 1 is 1.18 bits per heavy atom. The van der Waals surface area contributed by atoms with Gasteiger partial charge in [-0.1, -0.05) is 12.1 Å². The largest absolute Gasteiger partial charge is 0.433 e. The molecule has 90 valence electrons. The standard InChI is InChI=1S/C10H7F4N3/c11-6-3-1-2-4-7(6)17-8(10(12,13)14)5-9(15)16-17/h1-5H,(H2,15,16). The molecule has 0 aliphatic carbocycles. The number of aromatic nitrogens is 2. The molecule has 0 radical (unpaired) electrons. The van der Waals surface area contributed by atoms with Crippen molar-refractivity contribution in [3.63, 3.8) is 0 Å². The van der Waals surface area contributed by atoms with Crippen molar-refractivity contribution in [3.8, 4) is 5.69 Å². The zero-order valence-electron chi connectivity index (χ0n) is 8.37. The normalized spacial score (nSPS) is 11.8. The molecule has 3 nitrogen and oxygen atoms in total. The van der Waals surface area contributed by atoms with Gasteiger partial charge in [0.05, 0.1) is 0 Å². The van der Waals surface area contributed by atoms with Gasteiger partial charge in [0.1, 0.15) is 17.3 Å². The van der Waals surface area contributed by atoms with E-state index < -0.39 is 17.7 Å². The Labute approximate surface area is 93.5 Å². The first-order valence-electron chi connectivity index (χ1n) is 4.57. The zero-order valence-corrected chi connectivity index (χ0v) is 8.37. The van der Waals surface area contributed by atoms with Crippen molar-refractivity contribution in [2.75, 3.05) is 5.73 Å². The maximum atomic E-state index is 13.4. The van der Waals surface area contributed by atoms with E-state index in [0.717, 1.165) is 6.07 Å². The SMILES string of the molecule is Nc1cc(C(F)(F)F)n(-c2ccccc2F)n1. The molecule has 2 aromatic rings. The van der Waals surface area contributed by atoms with Gasteiger partial charge >= 0.3 is 6.18 Å². The van der Waals surface area contributed by atoms with Crippen LogP contribution in [0.5, 0.6) is 0 Å². The first kappa shape index (κ1) is 11.4. The molecule has 7 heteroatoms. The lowest BCUT2D eigenvalue weighted by Crippen LogP contribution is -2.14. The van der Waals surface area contributed by atoms with Crippen molar-refractivity contribution in [3.05, 3.63) is 41.8 Å². The summed E-state index contributed by atoms with van der Waals surface area (Å²) >= 11 is 0. The van der Waals surface area contributed by atoms with E-state index in [0.29, 0.717) is 10.7 Å². The van der Waals surface area contributed by atoms with Gasteiger partial charge in [-0.15, -0.1) is 0 Å². The minimum atomic E-state index is -4.65. The molecule has 0 bridgehead atoms. The lowest BCUT2D eigenvalue weighted by molar-refractivity contribution is -0.142. The van der Waals surface area contributed by atoms with Crippen molar-refractivity contribution in [2.45, 2.75) is 6.18 Å². The van der Waals surface area contributed by atoms with Crippen LogP contribution >= 0.6 is 0 Å². The third-order valence-electron chi connectivity index (χ3n) is 2.10. The number of alkyl halides is 3. The van der Waals surface area contributed by atoms with Gasteiger partial charge < -0.3 is 5.73 Å². The highest BCUT2D eigenvalue weighted by Crippen LogP contribution is 2.32. The fourth-order valence-corrected chi connectivity index (χ4v) is 1.41. The highest BCUT2D eigenvalue weighted by Gasteiger charge is 2.36. The molecular formula is C10H7F4N3. The number of hydrogen-bond donors (Lipinski definition) is 1. The molecule has 1 aromatic carbocycles. The molecule has 1 aromatic heterocycles. The topological polar surface area (TPSA) is 43.8 Å². The number of hydrogen-bond acceptors (Lipinski definition) is 2. The average molecular weight is 245 g/mol. The molecule has 2 N–H and O–H groups in total. The molecule has 0 unspecified atom stereocenters. The molecule has 0 aliphatic heterocycles. The maximum absolute atomic E-state index is 13.4. The van der Waals surface area contributed by atoms with Crippen molar-refractivity contribution in [1.82, 2.24) is 9.78 Å². The van der Waals surface area contributed by atoms with Gasteiger partial charge in [-0.25, -0.2) is 9.07 Å². The van der Waals surface area contributed by atoms with Crippen LogP contribution < -0.4 is 5.73 Å². The van der Waals surface area contributed by atoms with E-state index in [1.165, 1.54) is 18.2 Å². The van der Waals surface area contributed by atoms with Crippen LogP contribution in [0.2, 0.25) is 0 Å². The van der Waals surface area contributed by atoms with E-state index >= 15 is 0 Å². The number of anilines is 1. The summed E-state index contributed by atoms with van der Waals surface area (Å²) in [6.07, 6.45) is -4.65. The second kappa shape index (κ2) is 3.76. The van der Waals surface area contributed by atoms with Crippen LogP contribution in [0.1, 0.15) is 5.69 Å². The van der Waals surface area contributed by atoms with Crippen LogP contribution in [0.15, 0.2) is 30.3 Å². The number of nitrogens with zero attached hydrogens (tertiary/aromatic N) is 2. The molecule has 0 spiro atoms. The smallest absolute Gasteiger partial charge is 0.382 e. The minimum absolute atomic E-state index is 0.295. The fraction of sp³-hybridized carbons (Fsp3) is 0.100. The van der Waals surface area contributed by atoms with Gasteiger partial charge in [0.2, 0.25) is 0 Å². The Hall–Kier alpha value is -2.05. The first-order valence-corrected chi connectivity index (χ1v) is 4.57. The lowest BCUT2D eigenvalue weighted by Gasteiger charge is -2.10. The van der Waals surface area contributed by atoms with Crippen molar-refractivity contribution < 1.29 is 17.6 Å². The Bertz CT molecular complexity index is 545. The number of benzene rings is 1. The summed E-state index contributed by atoms with van der Waals surface area (Å²) in [5.41, 5.74) is 3.80. The van der Waals surface area contributed by atoms with Crippen LogP contribution in [-0.2, 0) is 6.18 Å². The highest BCUT2D eigenvalue weighted by atomic mass is 19.4. The van der Waals surface area contributed by atoms with Crippen molar-refractivity contribution in [2.24, 2.45) is 0 Å². The molecular weight excluding hydrogens is 238 g/mol. The van der Waals surface area contributed by atoms with Gasteiger partial charge in [0.25, 0.3) is 0 Å². The number of para-hydroxylation sites is 1. The third-order valence-corrected chi connectivity index (χ3v) is 2.10.